The molecule has 1 fully saturated rings. The summed E-state index contributed by atoms with van der Waals surface area (Å²) in [6.45, 7) is 4.27. The lowest BCUT2D eigenvalue weighted by Crippen LogP contribution is -2.49. The quantitative estimate of drug-likeness (QED) is 0.487. The molecule has 1 heterocycles. The molecule has 1 N–H and O–H groups in total. The SMILES string of the molecule is O=[N+]([O-])c1ccc(NC(=S)N2CCN(Cc3ccccc3Cl)CC2)cc1. The monoisotopic (exact) mass is 390 g/mol. The van der Waals surface area contributed by atoms with E-state index in [1.807, 2.05) is 18.2 Å². The number of hydrogen-bond donors (Lipinski definition) is 1. The van der Waals surface area contributed by atoms with Gasteiger partial charge in [0.1, 0.15) is 0 Å². The number of halogens is 1. The largest absolute Gasteiger partial charge is 0.346 e. The number of hydrogen-bond acceptors (Lipinski definition) is 4. The second-order valence-electron chi connectivity index (χ2n) is 6.09. The average Bonchev–Trinajstić information content (AvgIpc) is 2.64. The summed E-state index contributed by atoms with van der Waals surface area (Å²) in [5, 5.41) is 15.3. The summed E-state index contributed by atoms with van der Waals surface area (Å²) in [5.74, 6) is 0. The molecule has 0 aliphatic carbocycles. The second kappa shape index (κ2) is 8.44. The van der Waals surface area contributed by atoms with Crippen molar-refractivity contribution in [3.8, 4) is 0 Å². The summed E-state index contributed by atoms with van der Waals surface area (Å²) in [7, 11) is 0. The summed E-state index contributed by atoms with van der Waals surface area (Å²) in [6.07, 6.45) is 0. The first-order chi connectivity index (χ1) is 12.5. The third-order valence-electron chi connectivity index (χ3n) is 4.34. The molecule has 0 amide bonds. The maximum Gasteiger partial charge on any atom is 0.269 e. The molecule has 0 radical (unpaired) electrons. The Morgan fingerprint density at radius 2 is 1.77 bits per heavy atom. The van der Waals surface area contributed by atoms with Gasteiger partial charge in [0, 0.05) is 55.6 Å². The highest BCUT2D eigenvalue weighted by Gasteiger charge is 2.19. The number of anilines is 1. The van der Waals surface area contributed by atoms with E-state index in [-0.39, 0.29) is 5.69 Å². The highest BCUT2D eigenvalue weighted by molar-refractivity contribution is 7.80. The average molecular weight is 391 g/mol. The van der Waals surface area contributed by atoms with E-state index >= 15 is 0 Å². The standard InChI is InChI=1S/C18H19ClN4O2S/c19-17-4-2-1-3-14(17)13-21-9-11-22(12-10-21)18(26)20-15-5-7-16(8-6-15)23(24)25/h1-8H,9-13H2,(H,20,26). The summed E-state index contributed by atoms with van der Waals surface area (Å²) >= 11 is 11.7. The van der Waals surface area contributed by atoms with E-state index in [0.29, 0.717) is 5.11 Å². The van der Waals surface area contributed by atoms with Crippen LogP contribution in [-0.2, 0) is 6.54 Å². The Morgan fingerprint density at radius 3 is 2.38 bits per heavy atom. The van der Waals surface area contributed by atoms with Crippen LogP contribution in [0.2, 0.25) is 5.02 Å². The molecule has 136 valence electrons. The zero-order chi connectivity index (χ0) is 18.5. The number of benzene rings is 2. The Balaban J connectivity index is 1.50. The van der Waals surface area contributed by atoms with Crippen LogP contribution in [0.4, 0.5) is 11.4 Å². The minimum absolute atomic E-state index is 0.0645. The van der Waals surface area contributed by atoms with E-state index in [4.69, 9.17) is 23.8 Å². The molecule has 0 unspecified atom stereocenters. The van der Waals surface area contributed by atoms with E-state index in [1.165, 1.54) is 12.1 Å². The Kier molecular flexibility index (Phi) is 6.03. The molecule has 0 atom stereocenters. The Labute approximate surface area is 162 Å². The fourth-order valence-corrected chi connectivity index (χ4v) is 3.34. The van der Waals surface area contributed by atoms with E-state index < -0.39 is 4.92 Å². The van der Waals surface area contributed by atoms with Crippen molar-refractivity contribution in [2.24, 2.45) is 0 Å². The van der Waals surface area contributed by atoms with Gasteiger partial charge in [-0.1, -0.05) is 29.8 Å². The lowest BCUT2D eigenvalue weighted by molar-refractivity contribution is -0.384. The van der Waals surface area contributed by atoms with Gasteiger partial charge in [-0.05, 0) is 36.0 Å². The smallest absolute Gasteiger partial charge is 0.269 e. The number of nitrogens with one attached hydrogen (secondary N) is 1. The number of non-ortho nitro benzene ring substituents is 1. The first-order valence-electron chi connectivity index (χ1n) is 8.29. The lowest BCUT2D eigenvalue weighted by atomic mass is 10.2. The molecule has 0 bridgehead atoms. The second-order valence-corrected chi connectivity index (χ2v) is 6.88. The van der Waals surface area contributed by atoms with Gasteiger partial charge in [0.25, 0.3) is 5.69 Å². The number of rotatable bonds is 4. The van der Waals surface area contributed by atoms with Gasteiger partial charge in [-0.25, -0.2) is 0 Å². The van der Waals surface area contributed by atoms with Crippen molar-refractivity contribution in [3.05, 3.63) is 69.2 Å². The van der Waals surface area contributed by atoms with Gasteiger partial charge in [-0.3, -0.25) is 15.0 Å². The maximum atomic E-state index is 10.7. The number of thiocarbonyl (C=S) groups is 1. The molecule has 26 heavy (non-hydrogen) atoms. The topological polar surface area (TPSA) is 61.7 Å². The highest BCUT2D eigenvalue weighted by Crippen LogP contribution is 2.19. The van der Waals surface area contributed by atoms with Crippen molar-refractivity contribution >= 4 is 40.3 Å². The van der Waals surface area contributed by atoms with Crippen molar-refractivity contribution in [1.82, 2.24) is 9.80 Å². The van der Waals surface area contributed by atoms with Crippen LogP contribution in [0.3, 0.4) is 0 Å². The van der Waals surface area contributed by atoms with Crippen LogP contribution in [0.25, 0.3) is 0 Å². The number of piperazine rings is 1. The zero-order valence-electron chi connectivity index (χ0n) is 14.1. The normalized spacial score (nSPS) is 14.9. The first kappa shape index (κ1) is 18.6. The van der Waals surface area contributed by atoms with Crippen LogP contribution >= 0.6 is 23.8 Å². The van der Waals surface area contributed by atoms with E-state index in [9.17, 15) is 10.1 Å². The molecule has 3 rings (SSSR count). The molecular weight excluding hydrogens is 372 g/mol. The predicted molar refractivity (Wildman–Crippen MR) is 108 cm³/mol. The third-order valence-corrected chi connectivity index (χ3v) is 5.07. The first-order valence-corrected chi connectivity index (χ1v) is 9.08. The van der Waals surface area contributed by atoms with Crippen molar-refractivity contribution in [2.45, 2.75) is 6.54 Å². The zero-order valence-corrected chi connectivity index (χ0v) is 15.7. The van der Waals surface area contributed by atoms with Gasteiger partial charge in [-0.15, -0.1) is 0 Å². The van der Waals surface area contributed by atoms with Gasteiger partial charge in [0.15, 0.2) is 5.11 Å². The molecule has 1 aliphatic rings. The molecule has 0 saturated carbocycles. The van der Waals surface area contributed by atoms with Crippen molar-refractivity contribution < 1.29 is 4.92 Å². The van der Waals surface area contributed by atoms with Crippen LogP contribution in [0.15, 0.2) is 48.5 Å². The van der Waals surface area contributed by atoms with Gasteiger partial charge in [-0.2, -0.15) is 0 Å². The van der Waals surface area contributed by atoms with Crippen molar-refractivity contribution in [2.75, 3.05) is 31.5 Å². The van der Waals surface area contributed by atoms with Crippen LogP contribution in [-0.4, -0.2) is 46.0 Å². The Bertz CT molecular complexity index is 792. The molecule has 0 spiro atoms. The molecule has 6 nitrogen and oxygen atoms in total. The van der Waals surface area contributed by atoms with Crippen LogP contribution in [0.1, 0.15) is 5.56 Å². The van der Waals surface area contributed by atoms with Crippen LogP contribution in [0, 0.1) is 10.1 Å². The van der Waals surface area contributed by atoms with Crippen LogP contribution < -0.4 is 5.32 Å². The van der Waals surface area contributed by atoms with E-state index in [1.54, 1.807) is 12.1 Å². The molecular formula is C18H19ClN4O2S. The number of nitrogens with zero attached hydrogens (tertiary/aromatic N) is 3. The molecule has 1 saturated heterocycles. The van der Waals surface area contributed by atoms with E-state index in [0.717, 1.165) is 49.0 Å². The molecule has 8 heteroatoms. The van der Waals surface area contributed by atoms with Gasteiger partial charge >= 0.3 is 0 Å². The van der Waals surface area contributed by atoms with Crippen molar-refractivity contribution in [3.63, 3.8) is 0 Å². The molecule has 0 aromatic heterocycles. The summed E-state index contributed by atoms with van der Waals surface area (Å²) in [5.41, 5.74) is 1.95. The molecule has 1 aliphatic heterocycles. The number of nitro groups is 1. The van der Waals surface area contributed by atoms with E-state index in [2.05, 4.69) is 21.2 Å². The van der Waals surface area contributed by atoms with Gasteiger partial charge in [0.05, 0.1) is 4.92 Å². The third kappa shape index (κ3) is 4.69. The fourth-order valence-electron chi connectivity index (χ4n) is 2.85. The minimum Gasteiger partial charge on any atom is -0.346 e. The molecule has 2 aromatic rings. The maximum absolute atomic E-state index is 10.7. The van der Waals surface area contributed by atoms with Crippen molar-refractivity contribution in [1.29, 1.82) is 0 Å². The predicted octanol–water partition coefficient (Wildman–Crippen LogP) is 3.76. The fraction of sp³-hybridized carbons (Fsp3) is 0.278. The Hall–Kier alpha value is -2.22. The summed E-state index contributed by atoms with van der Waals surface area (Å²) < 4.78 is 0. The Morgan fingerprint density at radius 1 is 1.12 bits per heavy atom. The summed E-state index contributed by atoms with van der Waals surface area (Å²) in [6, 6.07) is 14.2. The van der Waals surface area contributed by atoms with Crippen LogP contribution in [0.5, 0.6) is 0 Å². The molecule has 2 aromatic carbocycles. The number of nitro benzene ring substituents is 1. The van der Waals surface area contributed by atoms with Gasteiger partial charge < -0.3 is 10.2 Å². The highest BCUT2D eigenvalue weighted by atomic mass is 35.5. The lowest BCUT2D eigenvalue weighted by Gasteiger charge is -2.36. The summed E-state index contributed by atoms with van der Waals surface area (Å²) in [4.78, 5) is 14.8. The minimum atomic E-state index is -0.416. The van der Waals surface area contributed by atoms with Gasteiger partial charge in [0.2, 0.25) is 0 Å².